The van der Waals surface area contributed by atoms with Gasteiger partial charge in [-0.2, -0.15) is 0 Å². The fourth-order valence-electron chi connectivity index (χ4n) is 4.32. The van der Waals surface area contributed by atoms with Gasteiger partial charge in [0.15, 0.2) is 0 Å². The summed E-state index contributed by atoms with van der Waals surface area (Å²) in [5.74, 6) is 0.950. The van der Waals surface area contributed by atoms with Crippen molar-refractivity contribution in [3.05, 3.63) is 90.8 Å². The van der Waals surface area contributed by atoms with Gasteiger partial charge < -0.3 is 9.47 Å². The van der Waals surface area contributed by atoms with E-state index >= 15 is 0 Å². The lowest BCUT2D eigenvalue weighted by molar-refractivity contribution is 0.721. The molecular weight excluding hydrogens is 356 g/mol. The average Bonchev–Trinajstić information content (AvgIpc) is 3.28. The van der Waals surface area contributed by atoms with E-state index in [2.05, 4.69) is 106 Å². The summed E-state index contributed by atoms with van der Waals surface area (Å²) < 4.78 is 2.07. The van der Waals surface area contributed by atoms with E-state index in [1.54, 1.807) is 0 Å². The predicted molar refractivity (Wildman–Crippen MR) is 120 cm³/mol. The van der Waals surface area contributed by atoms with Gasteiger partial charge in [-0.25, -0.2) is 4.98 Å². The normalized spacial score (nSPS) is 15.6. The molecule has 0 unspecified atom stereocenters. The number of aryl methyl sites for hydroxylation is 2. The summed E-state index contributed by atoms with van der Waals surface area (Å²) in [7, 11) is 2.04. The lowest BCUT2D eigenvalue weighted by atomic mass is 10.0. The first-order chi connectivity index (χ1) is 14.1. The van der Waals surface area contributed by atoms with E-state index < -0.39 is 0 Å². The molecule has 0 radical (unpaired) electrons. The van der Waals surface area contributed by atoms with Crippen molar-refractivity contribution in [1.29, 1.82) is 0 Å². The topological polar surface area (TPSA) is 24.3 Å². The SMILES string of the molecule is Cc1cc(-c2ccccc2)ccc1N1c2ccccc2N(c2nccn2C)[C@@H]1C. The van der Waals surface area contributed by atoms with Crippen LogP contribution in [0, 0.1) is 6.92 Å². The number of imidazole rings is 1. The zero-order valence-electron chi connectivity index (χ0n) is 16.9. The monoisotopic (exact) mass is 380 g/mol. The van der Waals surface area contributed by atoms with Gasteiger partial charge in [-0.15, -0.1) is 0 Å². The van der Waals surface area contributed by atoms with Crippen LogP contribution in [0.4, 0.5) is 23.0 Å². The number of hydrogen-bond acceptors (Lipinski definition) is 3. The molecule has 0 saturated carbocycles. The van der Waals surface area contributed by atoms with Gasteiger partial charge in [0.1, 0.15) is 6.17 Å². The minimum absolute atomic E-state index is 0.120. The van der Waals surface area contributed by atoms with Gasteiger partial charge in [0.05, 0.1) is 11.4 Å². The van der Waals surface area contributed by atoms with Crippen LogP contribution in [0.5, 0.6) is 0 Å². The Morgan fingerprint density at radius 1 is 0.759 bits per heavy atom. The molecule has 29 heavy (non-hydrogen) atoms. The second-order valence-corrected chi connectivity index (χ2v) is 7.57. The molecule has 0 saturated heterocycles. The highest BCUT2D eigenvalue weighted by atomic mass is 15.5. The van der Waals surface area contributed by atoms with E-state index in [0.29, 0.717) is 0 Å². The summed E-state index contributed by atoms with van der Waals surface area (Å²) in [5.41, 5.74) is 7.36. The molecule has 0 spiro atoms. The largest absolute Gasteiger partial charge is 0.320 e. The van der Waals surface area contributed by atoms with Gasteiger partial charge in [0, 0.05) is 25.1 Å². The Balaban J connectivity index is 1.60. The third kappa shape index (κ3) is 2.80. The Hall–Kier alpha value is -3.53. The van der Waals surface area contributed by atoms with Crippen molar-refractivity contribution in [3.8, 4) is 11.1 Å². The number of benzene rings is 3. The van der Waals surface area contributed by atoms with Gasteiger partial charge >= 0.3 is 0 Å². The third-order valence-corrected chi connectivity index (χ3v) is 5.72. The van der Waals surface area contributed by atoms with Crippen LogP contribution in [0.3, 0.4) is 0 Å². The quantitative estimate of drug-likeness (QED) is 0.434. The number of rotatable bonds is 3. The lowest BCUT2D eigenvalue weighted by Crippen LogP contribution is -2.36. The third-order valence-electron chi connectivity index (χ3n) is 5.72. The maximum atomic E-state index is 4.61. The molecule has 1 aliphatic heterocycles. The minimum Gasteiger partial charge on any atom is -0.320 e. The molecule has 0 fully saturated rings. The molecule has 3 aromatic carbocycles. The lowest BCUT2D eigenvalue weighted by Gasteiger charge is -2.30. The Morgan fingerprint density at radius 2 is 1.45 bits per heavy atom. The first-order valence-corrected chi connectivity index (χ1v) is 9.96. The van der Waals surface area contributed by atoms with Crippen LogP contribution in [0.25, 0.3) is 11.1 Å². The minimum atomic E-state index is 0.120. The van der Waals surface area contributed by atoms with E-state index in [1.807, 2.05) is 19.4 Å². The van der Waals surface area contributed by atoms with E-state index in [9.17, 15) is 0 Å². The summed E-state index contributed by atoms with van der Waals surface area (Å²) >= 11 is 0. The van der Waals surface area contributed by atoms with Crippen LogP contribution in [-0.4, -0.2) is 15.7 Å². The van der Waals surface area contributed by atoms with Crippen LogP contribution in [-0.2, 0) is 7.05 Å². The molecule has 1 aliphatic rings. The van der Waals surface area contributed by atoms with Crippen molar-refractivity contribution in [2.45, 2.75) is 20.0 Å². The summed E-state index contributed by atoms with van der Waals surface area (Å²) in [5, 5.41) is 0. The van der Waals surface area contributed by atoms with Crippen molar-refractivity contribution in [2.75, 3.05) is 9.80 Å². The highest BCUT2D eigenvalue weighted by Crippen LogP contribution is 2.47. The summed E-state index contributed by atoms with van der Waals surface area (Å²) in [6, 6.07) is 25.9. The highest BCUT2D eigenvalue weighted by molar-refractivity contribution is 5.88. The van der Waals surface area contributed by atoms with E-state index in [4.69, 9.17) is 0 Å². The highest BCUT2D eigenvalue weighted by Gasteiger charge is 2.36. The summed E-state index contributed by atoms with van der Waals surface area (Å²) in [6.07, 6.45) is 3.97. The molecule has 5 rings (SSSR count). The van der Waals surface area contributed by atoms with Crippen molar-refractivity contribution in [1.82, 2.24) is 9.55 Å². The second-order valence-electron chi connectivity index (χ2n) is 7.57. The van der Waals surface area contributed by atoms with Crippen LogP contribution < -0.4 is 9.80 Å². The molecule has 4 aromatic rings. The van der Waals surface area contributed by atoms with Crippen molar-refractivity contribution in [3.63, 3.8) is 0 Å². The van der Waals surface area contributed by atoms with Gasteiger partial charge in [-0.05, 0) is 54.8 Å². The smallest absolute Gasteiger partial charge is 0.211 e. The number of nitrogens with zero attached hydrogens (tertiary/aromatic N) is 4. The fourth-order valence-corrected chi connectivity index (χ4v) is 4.32. The molecule has 0 bridgehead atoms. The van der Waals surface area contributed by atoms with E-state index in [1.165, 1.54) is 33.8 Å². The number of aromatic nitrogens is 2. The summed E-state index contributed by atoms with van der Waals surface area (Å²) in [4.78, 5) is 9.33. The van der Waals surface area contributed by atoms with Gasteiger partial charge in [-0.1, -0.05) is 48.5 Å². The van der Waals surface area contributed by atoms with Crippen LogP contribution in [0.15, 0.2) is 85.2 Å². The maximum Gasteiger partial charge on any atom is 0.211 e. The first kappa shape index (κ1) is 17.6. The van der Waals surface area contributed by atoms with Gasteiger partial charge in [0.25, 0.3) is 0 Å². The molecule has 4 heteroatoms. The number of hydrogen-bond donors (Lipinski definition) is 0. The molecule has 0 aliphatic carbocycles. The van der Waals surface area contributed by atoms with Gasteiger partial charge in [0.2, 0.25) is 5.95 Å². The molecule has 2 heterocycles. The summed E-state index contributed by atoms with van der Waals surface area (Å²) in [6.45, 7) is 4.43. The van der Waals surface area contributed by atoms with E-state index in [-0.39, 0.29) is 6.17 Å². The van der Waals surface area contributed by atoms with Crippen LogP contribution in [0.1, 0.15) is 12.5 Å². The van der Waals surface area contributed by atoms with Crippen molar-refractivity contribution in [2.24, 2.45) is 7.05 Å². The van der Waals surface area contributed by atoms with Crippen LogP contribution >= 0.6 is 0 Å². The molecule has 144 valence electrons. The second kappa shape index (κ2) is 6.82. The van der Waals surface area contributed by atoms with Crippen molar-refractivity contribution >= 4 is 23.0 Å². The molecule has 4 nitrogen and oxygen atoms in total. The zero-order chi connectivity index (χ0) is 20.0. The molecule has 0 N–H and O–H groups in total. The maximum absolute atomic E-state index is 4.61. The molecule has 1 aromatic heterocycles. The van der Waals surface area contributed by atoms with E-state index in [0.717, 1.165) is 5.95 Å². The Kier molecular flexibility index (Phi) is 4.13. The average molecular weight is 380 g/mol. The molecule has 1 atom stereocenters. The van der Waals surface area contributed by atoms with Crippen molar-refractivity contribution < 1.29 is 0 Å². The predicted octanol–water partition coefficient (Wildman–Crippen LogP) is 6.03. The molecule has 0 amide bonds. The fraction of sp³-hybridized carbons (Fsp3) is 0.160. The first-order valence-electron chi connectivity index (χ1n) is 9.96. The number of para-hydroxylation sites is 2. The molecular formula is C25H24N4. The Morgan fingerprint density at radius 3 is 2.10 bits per heavy atom. The van der Waals surface area contributed by atoms with Gasteiger partial charge in [-0.3, -0.25) is 4.90 Å². The Bertz CT molecular complexity index is 1160. The number of fused-ring (bicyclic) bond motifs is 1. The van der Waals surface area contributed by atoms with Crippen LogP contribution in [0.2, 0.25) is 0 Å². The Labute approximate surface area is 171 Å². The standard InChI is InChI=1S/C25H24N4/c1-18-17-21(20-9-5-4-6-10-20)13-14-22(18)28-19(2)29(25-26-15-16-27(25)3)24-12-8-7-11-23(24)28/h4-17,19H,1-3H3/t19-/m1/s1. The zero-order valence-corrected chi connectivity index (χ0v) is 16.9. The number of anilines is 4.